The van der Waals surface area contributed by atoms with Crippen molar-refractivity contribution < 1.29 is 22.7 Å². The molecule has 162 valence electrons. The van der Waals surface area contributed by atoms with Gasteiger partial charge < -0.3 is 15.4 Å². The van der Waals surface area contributed by atoms with E-state index in [2.05, 4.69) is 15.7 Å². The normalized spacial score (nSPS) is 17.5. The molecule has 1 aromatic heterocycles. The molecule has 0 radical (unpaired) electrons. The fourth-order valence-electron chi connectivity index (χ4n) is 3.36. The molecular weight excluding hydrogens is 408 g/mol. The number of amides is 2. The van der Waals surface area contributed by atoms with Crippen LogP contribution in [0.15, 0.2) is 30.3 Å². The number of benzene rings is 1. The number of methoxy groups -OCH3 is 1. The van der Waals surface area contributed by atoms with Crippen LogP contribution in [0.5, 0.6) is 5.75 Å². The van der Waals surface area contributed by atoms with E-state index in [-0.39, 0.29) is 35.8 Å². The quantitative estimate of drug-likeness (QED) is 0.611. The highest BCUT2D eigenvalue weighted by molar-refractivity contribution is 7.91. The van der Waals surface area contributed by atoms with E-state index < -0.39 is 9.84 Å². The van der Waals surface area contributed by atoms with Gasteiger partial charge in [0.05, 0.1) is 30.4 Å². The van der Waals surface area contributed by atoms with Crippen LogP contribution >= 0.6 is 0 Å². The van der Waals surface area contributed by atoms with Crippen LogP contribution in [0.25, 0.3) is 0 Å². The summed E-state index contributed by atoms with van der Waals surface area (Å²) in [5, 5.41) is 9.94. The molecule has 1 saturated heterocycles. The number of sulfone groups is 1. The van der Waals surface area contributed by atoms with Crippen LogP contribution in [0, 0.1) is 6.92 Å². The smallest absolute Gasteiger partial charge is 0.251 e. The number of aryl methyl sites for hydroxylation is 1. The van der Waals surface area contributed by atoms with Gasteiger partial charge in [-0.05, 0) is 44.0 Å². The van der Waals surface area contributed by atoms with Crippen LogP contribution in [-0.2, 0) is 14.6 Å². The molecule has 2 amide bonds. The number of nitrogens with zero attached hydrogens (tertiary/aromatic N) is 2. The molecule has 30 heavy (non-hydrogen) atoms. The van der Waals surface area contributed by atoms with Gasteiger partial charge in [-0.3, -0.25) is 9.59 Å². The molecular formula is C20H26N4O5S. The van der Waals surface area contributed by atoms with E-state index in [1.165, 1.54) is 0 Å². The van der Waals surface area contributed by atoms with E-state index in [1.54, 1.807) is 49.0 Å². The van der Waals surface area contributed by atoms with Gasteiger partial charge in [0.15, 0.2) is 9.84 Å². The molecule has 0 aliphatic carbocycles. The van der Waals surface area contributed by atoms with Gasteiger partial charge >= 0.3 is 0 Å². The largest absolute Gasteiger partial charge is 0.497 e. The molecule has 1 atom stereocenters. The van der Waals surface area contributed by atoms with Crippen LogP contribution in [0.2, 0.25) is 0 Å². The van der Waals surface area contributed by atoms with Crippen molar-refractivity contribution in [2.24, 2.45) is 0 Å². The summed E-state index contributed by atoms with van der Waals surface area (Å²) in [6.45, 7) is 2.15. The van der Waals surface area contributed by atoms with Crippen LogP contribution in [0.3, 0.4) is 0 Å². The maximum Gasteiger partial charge on any atom is 0.251 e. The minimum Gasteiger partial charge on any atom is -0.497 e. The van der Waals surface area contributed by atoms with Gasteiger partial charge in [-0.1, -0.05) is 0 Å². The van der Waals surface area contributed by atoms with E-state index in [0.717, 1.165) is 0 Å². The van der Waals surface area contributed by atoms with Crippen LogP contribution < -0.4 is 15.4 Å². The Bertz CT molecular complexity index is 1010. The first-order chi connectivity index (χ1) is 14.3. The molecule has 1 aromatic carbocycles. The van der Waals surface area contributed by atoms with Gasteiger partial charge in [-0.25, -0.2) is 13.1 Å². The minimum absolute atomic E-state index is 0.0361. The monoisotopic (exact) mass is 434 g/mol. The van der Waals surface area contributed by atoms with Crippen molar-refractivity contribution in [1.82, 2.24) is 15.1 Å². The SMILES string of the molecule is COc1ccc(C(=O)NCCCC(=O)Nc2cc(C)nn2C2CCS(=O)(=O)C2)cc1. The zero-order valence-corrected chi connectivity index (χ0v) is 17.9. The fraction of sp³-hybridized carbons (Fsp3) is 0.450. The molecule has 3 rings (SSSR count). The second-order valence-electron chi connectivity index (χ2n) is 7.31. The average Bonchev–Trinajstić information content (AvgIpc) is 3.26. The number of anilines is 1. The van der Waals surface area contributed by atoms with Crippen molar-refractivity contribution in [2.45, 2.75) is 32.2 Å². The first-order valence-electron chi connectivity index (χ1n) is 9.76. The van der Waals surface area contributed by atoms with Gasteiger partial charge in [0.25, 0.3) is 5.91 Å². The first kappa shape index (κ1) is 21.8. The number of carbonyl (C=O) groups excluding carboxylic acids is 2. The summed E-state index contributed by atoms with van der Waals surface area (Å²) in [4.78, 5) is 24.4. The van der Waals surface area contributed by atoms with Crippen molar-refractivity contribution in [1.29, 1.82) is 0 Å². The molecule has 1 aliphatic rings. The van der Waals surface area contributed by atoms with E-state index in [0.29, 0.717) is 42.2 Å². The van der Waals surface area contributed by atoms with E-state index in [9.17, 15) is 18.0 Å². The van der Waals surface area contributed by atoms with Gasteiger partial charge in [-0.15, -0.1) is 0 Å². The van der Waals surface area contributed by atoms with Crippen molar-refractivity contribution in [3.05, 3.63) is 41.6 Å². The molecule has 2 aromatic rings. The summed E-state index contributed by atoms with van der Waals surface area (Å²) >= 11 is 0. The van der Waals surface area contributed by atoms with E-state index in [1.807, 2.05) is 0 Å². The molecule has 2 heterocycles. The molecule has 1 unspecified atom stereocenters. The topological polar surface area (TPSA) is 119 Å². The van der Waals surface area contributed by atoms with Gasteiger partial charge in [0.2, 0.25) is 5.91 Å². The second kappa shape index (κ2) is 9.29. The highest BCUT2D eigenvalue weighted by Crippen LogP contribution is 2.27. The lowest BCUT2D eigenvalue weighted by Crippen LogP contribution is -2.25. The van der Waals surface area contributed by atoms with E-state index >= 15 is 0 Å². The van der Waals surface area contributed by atoms with Crippen molar-refractivity contribution in [3.8, 4) is 5.75 Å². The average molecular weight is 435 g/mol. The molecule has 1 fully saturated rings. The molecule has 2 N–H and O–H groups in total. The van der Waals surface area contributed by atoms with E-state index in [4.69, 9.17) is 4.74 Å². The standard InChI is InChI=1S/C20H26N4O5S/c1-14-12-18(24(23-14)16-9-11-30(27,28)13-16)22-19(25)4-3-10-21-20(26)15-5-7-17(29-2)8-6-15/h5-8,12,16H,3-4,9-11,13H2,1-2H3,(H,21,26)(H,22,25). The fourth-order valence-corrected chi connectivity index (χ4v) is 5.05. The summed E-state index contributed by atoms with van der Waals surface area (Å²) in [5.74, 6) is 0.923. The molecule has 0 saturated carbocycles. The third-order valence-corrected chi connectivity index (χ3v) is 6.65. The third-order valence-electron chi connectivity index (χ3n) is 4.90. The van der Waals surface area contributed by atoms with Crippen LogP contribution in [0.4, 0.5) is 5.82 Å². The summed E-state index contributed by atoms with van der Waals surface area (Å²) in [6, 6.07) is 8.24. The lowest BCUT2D eigenvalue weighted by molar-refractivity contribution is -0.116. The predicted octanol–water partition coefficient (Wildman–Crippen LogP) is 1.71. The highest BCUT2D eigenvalue weighted by atomic mass is 32.2. The zero-order valence-electron chi connectivity index (χ0n) is 17.1. The Morgan fingerprint density at radius 3 is 2.63 bits per heavy atom. The Morgan fingerprint density at radius 1 is 1.27 bits per heavy atom. The number of hydrogen-bond acceptors (Lipinski definition) is 6. The summed E-state index contributed by atoms with van der Waals surface area (Å²) < 4.78 is 30.2. The second-order valence-corrected chi connectivity index (χ2v) is 9.54. The third kappa shape index (κ3) is 5.59. The van der Waals surface area contributed by atoms with Crippen LogP contribution in [0.1, 0.15) is 41.4 Å². The molecule has 0 spiro atoms. The Kier molecular flexibility index (Phi) is 6.76. The summed E-state index contributed by atoms with van der Waals surface area (Å²) in [6.07, 6.45) is 1.18. The number of hydrogen-bond donors (Lipinski definition) is 2. The Balaban J connectivity index is 1.46. The van der Waals surface area contributed by atoms with Gasteiger partial charge in [0, 0.05) is 24.6 Å². The highest BCUT2D eigenvalue weighted by Gasteiger charge is 2.31. The lowest BCUT2D eigenvalue weighted by atomic mass is 10.2. The molecule has 10 heteroatoms. The van der Waals surface area contributed by atoms with Gasteiger partial charge in [0.1, 0.15) is 11.6 Å². The molecule has 9 nitrogen and oxygen atoms in total. The summed E-state index contributed by atoms with van der Waals surface area (Å²) in [5.41, 5.74) is 1.23. The predicted molar refractivity (Wildman–Crippen MR) is 112 cm³/mol. The molecule has 1 aliphatic heterocycles. The minimum atomic E-state index is -3.05. The summed E-state index contributed by atoms with van der Waals surface area (Å²) in [7, 11) is -1.49. The number of nitrogens with one attached hydrogen (secondary N) is 2. The maximum absolute atomic E-state index is 12.3. The number of ether oxygens (including phenoxy) is 1. The first-order valence-corrected chi connectivity index (χ1v) is 11.6. The number of aromatic nitrogens is 2. The Morgan fingerprint density at radius 2 is 2.00 bits per heavy atom. The lowest BCUT2D eigenvalue weighted by Gasteiger charge is -2.14. The van der Waals surface area contributed by atoms with Crippen molar-refractivity contribution >= 4 is 27.5 Å². The Labute approximate surface area is 175 Å². The van der Waals surface area contributed by atoms with Crippen molar-refractivity contribution in [2.75, 3.05) is 30.5 Å². The molecule has 0 bridgehead atoms. The van der Waals surface area contributed by atoms with Crippen molar-refractivity contribution in [3.63, 3.8) is 0 Å². The van der Waals surface area contributed by atoms with Gasteiger partial charge in [-0.2, -0.15) is 5.10 Å². The maximum atomic E-state index is 12.3. The number of carbonyl (C=O) groups is 2. The van der Waals surface area contributed by atoms with Crippen LogP contribution in [-0.4, -0.2) is 55.2 Å². The Hall–Kier alpha value is -2.88. The number of rotatable bonds is 8. The zero-order chi connectivity index (χ0) is 21.7.